The number of nitrogens with zero attached hydrogens (tertiary/aromatic N) is 3. The van der Waals surface area contributed by atoms with E-state index in [0.29, 0.717) is 18.7 Å². The predicted octanol–water partition coefficient (Wildman–Crippen LogP) is 3.02. The molecule has 1 unspecified atom stereocenters. The smallest absolute Gasteiger partial charge is 0.255 e. The number of aryl methyl sites for hydroxylation is 1. The lowest BCUT2D eigenvalue weighted by atomic mass is 10.1. The van der Waals surface area contributed by atoms with Gasteiger partial charge in [0.25, 0.3) is 5.91 Å². The molecular weight excluding hydrogens is 380 g/mol. The predicted molar refractivity (Wildman–Crippen MR) is 118 cm³/mol. The van der Waals surface area contributed by atoms with Crippen molar-refractivity contribution in [2.75, 3.05) is 44.0 Å². The van der Waals surface area contributed by atoms with Crippen LogP contribution in [0, 0.1) is 13.8 Å². The monoisotopic (exact) mass is 410 g/mol. The third-order valence-corrected chi connectivity index (χ3v) is 5.40. The van der Waals surface area contributed by atoms with E-state index >= 15 is 0 Å². The average Bonchev–Trinajstić information content (AvgIpc) is 3.23. The number of benzene rings is 1. The Morgan fingerprint density at radius 1 is 1.20 bits per heavy atom. The van der Waals surface area contributed by atoms with Crippen molar-refractivity contribution < 1.29 is 14.3 Å². The molecule has 3 rings (SSSR count). The highest BCUT2D eigenvalue weighted by Crippen LogP contribution is 2.19. The van der Waals surface area contributed by atoms with Gasteiger partial charge in [0.15, 0.2) is 0 Å². The minimum atomic E-state index is -0.229. The lowest BCUT2D eigenvalue weighted by Gasteiger charge is -2.25. The molecule has 1 atom stereocenters. The van der Waals surface area contributed by atoms with Crippen LogP contribution in [-0.4, -0.2) is 61.6 Å². The molecule has 0 bridgehead atoms. The summed E-state index contributed by atoms with van der Waals surface area (Å²) in [6, 6.07) is 9.33. The molecule has 0 saturated carbocycles. The van der Waals surface area contributed by atoms with Crippen LogP contribution in [0.4, 0.5) is 11.5 Å². The third kappa shape index (κ3) is 5.36. The maximum absolute atomic E-state index is 13.2. The van der Waals surface area contributed by atoms with Gasteiger partial charge in [-0.25, -0.2) is 4.98 Å². The van der Waals surface area contributed by atoms with Crippen molar-refractivity contribution in [3.8, 4) is 0 Å². The van der Waals surface area contributed by atoms with E-state index in [4.69, 9.17) is 4.74 Å². The lowest BCUT2D eigenvalue weighted by molar-refractivity contribution is -0.117. The number of nitrogens with one attached hydrogen (secondary N) is 1. The third-order valence-electron chi connectivity index (χ3n) is 5.40. The first-order valence-electron chi connectivity index (χ1n) is 10.3. The fourth-order valence-electron chi connectivity index (χ4n) is 3.46. The molecule has 1 N–H and O–H groups in total. The number of amides is 2. The molecule has 7 nitrogen and oxygen atoms in total. The van der Waals surface area contributed by atoms with Crippen LogP contribution in [0.3, 0.4) is 0 Å². The lowest BCUT2D eigenvalue weighted by Crippen LogP contribution is -2.42. The SMILES string of the molecule is Cc1cccc(NC(=O)CN(CC2CCCO2)C(=O)c2ccc(N(C)C)nc2)c1C. The van der Waals surface area contributed by atoms with Crippen molar-refractivity contribution >= 4 is 23.3 Å². The van der Waals surface area contributed by atoms with Crippen molar-refractivity contribution in [2.45, 2.75) is 32.8 Å². The van der Waals surface area contributed by atoms with E-state index in [0.717, 1.165) is 35.5 Å². The summed E-state index contributed by atoms with van der Waals surface area (Å²) in [5.74, 6) is 0.317. The molecular formula is C23H30N4O3. The van der Waals surface area contributed by atoms with Gasteiger partial charge in [0.05, 0.1) is 11.7 Å². The molecule has 1 aliphatic heterocycles. The Labute approximate surface area is 178 Å². The summed E-state index contributed by atoms with van der Waals surface area (Å²) in [5.41, 5.74) is 3.35. The first kappa shape index (κ1) is 21.8. The van der Waals surface area contributed by atoms with Gasteiger partial charge in [-0.2, -0.15) is 0 Å². The summed E-state index contributed by atoms with van der Waals surface area (Å²) < 4.78 is 5.71. The summed E-state index contributed by atoms with van der Waals surface area (Å²) in [5, 5.41) is 2.94. The van der Waals surface area contributed by atoms with Crippen LogP contribution in [0.1, 0.15) is 34.3 Å². The van der Waals surface area contributed by atoms with Crippen LogP contribution in [0.25, 0.3) is 0 Å². The maximum atomic E-state index is 13.2. The van der Waals surface area contributed by atoms with E-state index in [2.05, 4.69) is 10.3 Å². The molecule has 1 aromatic carbocycles. The summed E-state index contributed by atoms with van der Waals surface area (Å²) in [4.78, 5) is 33.7. The van der Waals surface area contributed by atoms with Gasteiger partial charge in [-0.15, -0.1) is 0 Å². The maximum Gasteiger partial charge on any atom is 0.255 e. The minimum Gasteiger partial charge on any atom is -0.376 e. The second-order valence-corrected chi connectivity index (χ2v) is 7.92. The van der Waals surface area contributed by atoms with Gasteiger partial charge in [0, 0.05) is 39.1 Å². The Kier molecular flexibility index (Phi) is 7.05. The largest absolute Gasteiger partial charge is 0.376 e. The molecule has 2 aromatic rings. The Bertz CT molecular complexity index is 890. The number of pyridine rings is 1. The van der Waals surface area contributed by atoms with Crippen LogP contribution in [-0.2, 0) is 9.53 Å². The molecule has 7 heteroatoms. The number of carbonyl (C=O) groups is 2. The van der Waals surface area contributed by atoms with Crippen LogP contribution in [0.15, 0.2) is 36.5 Å². The first-order chi connectivity index (χ1) is 14.3. The van der Waals surface area contributed by atoms with E-state index in [-0.39, 0.29) is 24.5 Å². The Balaban J connectivity index is 1.74. The van der Waals surface area contributed by atoms with Gasteiger partial charge in [-0.1, -0.05) is 12.1 Å². The second kappa shape index (κ2) is 9.71. The minimum absolute atomic E-state index is 0.0402. The quantitative estimate of drug-likeness (QED) is 0.759. The van der Waals surface area contributed by atoms with Crippen molar-refractivity contribution in [1.82, 2.24) is 9.88 Å². The molecule has 1 saturated heterocycles. The van der Waals surface area contributed by atoms with Crippen LogP contribution in [0.5, 0.6) is 0 Å². The molecule has 1 fully saturated rings. The number of hydrogen-bond acceptors (Lipinski definition) is 5. The molecule has 0 radical (unpaired) electrons. The van der Waals surface area contributed by atoms with Crippen LogP contribution < -0.4 is 10.2 Å². The Morgan fingerprint density at radius 2 is 2.00 bits per heavy atom. The standard InChI is InChI=1S/C23H30N4O3/c1-16-7-5-9-20(17(16)2)25-22(28)15-27(14-19-8-6-12-30-19)23(29)18-10-11-21(24-13-18)26(3)4/h5,7,9-11,13,19H,6,8,12,14-15H2,1-4H3,(H,25,28). The van der Waals surface area contributed by atoms with Gasteiger partial charge in [0.1, 0.15) is 12.4 Å². The first-order valence-corrected chi connectivity index (χ1v) is 10.3. The summed E-state index contributed by atoms with van der Waals surface area (Å²) in [7, 11) is 3.79. The van der Waals surface area contributed by atoms with E-state index in [9.17, 15) is 9.59 Å². The van der Waals surface area contributed by atoms with Gasteiger partial charge in [0.2, 0.25) is 5.91 Å². The fraction of sp³-hybridized carbons (Fsp3) is 0.435. The molecule has 2 heterocycles. The highest BCUT2D eigenvalue weighted by atomic mass is 16.5. The van der Waals surface area contributed by atoms with E-state index in [1.165, 1.54) is 0 Å². The van der Waals surface area contributed by atoms with E-state index < -0.39 is 0 Å². The molecule has 160 valence electrons. The molecule has 0 aliphatic carbocycles. The number of hydrogen-bond donors (Lipinski definition) is 1. The molecule has 1 aromatic heterocycles. The highest BCUT2D eigenvalue weighted by molar-refractivity contribution is 5.99. The fourth-order valence-corrected chi connectivity index (χ4v) is 3.46. The normalized spacial score (nSPS) is 15.7. The van der Waals surface area contributed by atoms with Crippen molar-refractivity contribution in [3.63, 3.8) is 0 Å². The van der Waals surface area contributed by atoms with Gasteiger partial charge in [-0.3, -0.25) is 9.59 Å². The second-order valence-electron chi connectivity index (χ2n) is 7.92. The molecule has 2 amide bonds. The van der Waals surface area contributed by atoms with Crippen molar-refractivity contribution in [2.24, 2.45) is 0 Å². The Hall–Kier alpha value is -2.93. The zero-order valence-electron chi connectivity index (χ0n) is 18.1. The van der Waals surface area contributed by atoms with Gasteiger partial charge < -0.3 is 19.9 Å². The number of rotatable bonds is 7. The highest BCUT2D eigenvalue weighted by Gasteiger charge is 2.25. The van der Waals surface area contributed by atoms with Gasteiger partial charge in [-0.05, 0) is 56.0 Å². The molecule has 0 spiro atoms. The van der Waals surface area contributed by atoms with Crippen molar-refractivity contribution in [1.29, 1.82) is 0 Å². The Morgan fingerprint density at radius 3 is 2.63 bits per heavy atom. The zero-order valence-corrected chi connectivity index (χ0v) is 18.1. The number of ether oxygens (including phenoxy) is 1. The number of anilines is 2. The molecule has 30 heavy (non-hydrogen) atoms. The van der Waals surface area contributed by atoms with Crippen molar-refractivity contribution in [3.05, 3.63) is 53.2 Å². The van der Waals surface area contributed by atoms with Gasteiger partial charge >= 0.3 is 0 Å². The number of aromatic nitrogens is 1. The summed E-state index contributed by atoms with van der Waals surface area (Å²) in [6.45, 7) is 5.01. The van der Waals surface area contributed by atoms with E-state index in [1.54, 1.807) is 23.2 Å². The van der Waals surface area contributed by atoms with Crippen LogP contribution in [0.2, 0.25) is 0 Å². The summed E-state index contributed by atoms with van der Waals surface area (Å²) >= 11 is 0. The average molecular weight is 411 g/mol. The zero-order chi connectivity index (χ0) is 21.7. The van der Waals surface area contributed by atoms with Crippen LogP contribution >= 0.6 is 0 Å². The topological polar surface area (TPSA) is 74.8 Å². The number of carbonyl (C=O) groups excluding carboxylic acids is 2. The molecule has 1 aliphatic rings. The summed E-state index contributed by atoms with van der Waals surface area (Å²) in [6.07, 6.45) is 3.38. The van der Waals surface area contributed by atoms with E-state index in [1.807, 2.05) is 51.0 Å².